The second-order valence-electron chi connectivity index (χ2n) is 4.87. The predicted molar refractivity (Wildman–Crippen MR) is 73.1 cm³/mol. The van der Waals surface area contributed by atoms with E-state index < -0.39 is 0 Å². The van der Waals surface area contributed by atoms with E-state index in [0.29, 0.717) is 16.5 Å². The van der Waals surface area contributed by atoms with Crippen LogP contribution >= 0.6 is 11.6 Å². The van der Waals surface area contributed by atoms with Crippen molar-refractivity contribution in [2.24, 2.45) is 5.92 Å². The van der Waals surface area contributed by atoms with Gasteiger partial charge in [0.15, 0.2) is 0 Å². The Hall–Kier alpha value is -1.29. The van der Waals surface area contributed by atoms with E-state index in [1.54, 1.807) is 19.2 Å². The molecule has 1 aromatic heterocycles. The van der Waals surface area contributed by atoms with Crippen LogP contribution in [0.2, 0.25) is 5.15 Å². The van der Waals surface area contributed by atoms with Crippen LogP contribution in [0.5, 0.6) is 0 Å². The average Bonchev–Trinajstić information content (AvgIpc) is 3.11. The molecule has 1 aliphatic carbocycles. The Labute approximate surface area is 112 Å². The number of hydrogen-bond acceptors (Lipinski definition) is 3. The molecule has 0 aliphatic heterocycles. The Kier molecular flexibility index (Phi) is 4.07. The van der Waals surface area contributed by atoms with Gasteiger partial charge in [0.2, 0.25) is 0 Å². The van der Waals surface area contributed by atoms with Crippen LogP contribution in [-0.2, 0) is 0 Å². The van der Waals surface area contributed by atoms with Crippen molar-refractivity contribution in [3.8, 4) is 0 Å². The molecule has 2 N–H and O–H groups in total. The minimum atomic E-state index is -0.0936. The van der Waals surface area contributed by atoms with Gasteiger partial charge in [0.1, 0.15) is 11.0 Å². The predicted octanol–water partition coefficient (Wildman–Crippen LogP) is 2.70. The fourth-order valence-electron chi connectivity index (χ4n) is 1.98. The van der Waals surface area contributed by atoms with Crippen LogP contribution in [0.4, 0.5) is 5.82 Å². The van der Waals surface area contributed by atoms with Crippen molar-refractivity contribution in [1.29, 1.82) is 0 Å². The molecule has 0 radical (unpaired) electrons. The van der Waals surface area contributed by atoms with Crippen molar-refractivity contribution in [3.05, 3.63) is 22.8 Å². The number of amides is 1. The normalized spacial score (nSPS) is 16.2. The number of nitrogens with zero attached hydrogens (tertiary/aromatic N) is 1. The summed E-state index contributed by atoms with van der Waals surface area (Å²) < 4.78 is 0. The summed E-state index contributed by atoms with van der Waals surface area (Å²) in [6.45, 7) is 2.04. The van der Waals surface area contributed by atoms with Gasteiger partial charge in [-0.25, -0.2) is 4.98 Å². The highest BCUT2D eigenvalue weighted by Crippen LogP contribution is 2.33. The molecular formula is C13H18ClN3O. The summed E-state index contributed by atoms with van der Waals surface area (Å²) in [6.07, 6.45) is 3.65. The van der Waals surface area contributed by atoms with E-state index >= 15 is 0 Å². The van der Waals surface area contributed by atoms with Crippen molar-refractivity contribution in [3.63, 3.8) is 0 Å². The third kappa shape index (κ3) is 3.60. The summed E-state index contributed by atoms with van der Waals surface area (Å²) in [7, 11) is 1.75. The van der Waals surface area contributed by atoms with Crippen LogP contribution < -0.4 is 10.6 Å². The van der Waals surface area contributed by atoms with E-state index in [1.165, 1.54) is 12.8 Å². The molecule has 1 aliphatic rings. The smallest absolute Gasteiger partial charge is 0.251 e. The SMILES string of the molecule is CNc1cc(C(=O)NC(C)CC2CC2)cc(Cl)n1. The van der Waals surface area contributed by atoms with Crippen LogP contribution in [0, 0.1) is 5.92 Å². The average molecular weight is 268 g/mol. The van der Waals surface area contributed by atoms with Gasteiger partial charge in [-0.05, 0) is 31.4 Å². The Balaban J connectivity index is 2.00. The third-order valence-electron chi connectivity index (χ3n) is 3.07. The summed E-state index contributed by atoms with van der Waals surface area (Å²) in [5.74, 6) is 1.31. The lowest BCUT2D eigenvalue weighted by Gasteiger charge is -2.13. The largest absolute Gasteiger partial charge is 0.373 e. The van der Waals surface area contributed by atoms with E-state index in [-0.39, 0.29) is 11.9 Å². The first kappa shape index (κ1) is 13.1. The molecule has 2 rings (SSSR count). The van der Waals surface area contributed by atoms with Gasteiger partial charge in [-0.3, -0.25) is 4.79 Å². The molecule has 1 fully saturated rings. The van der Waals surface area contributed by atoms with Gasteiger partial charge >= 0.3 is 0 Å². The summed E-state index contributed by atoms with van der Waals surface area (Å²) in [5, 5.41) is 6.20. The number of hydrogen-bond donors (Lipinski definition) is 2. The fourth-order valence-corrected chi connectivity index (χ4v) is 2.18. The summed E-state index contributed by atoms with van der Waals surface area (Å²) >= 11 is 5.87. The maximum atomic E-state index is 12.1. The highest BCUT2D eigenvalue weighted by Gasteiger charge is 2.24. The molecule has 5 heteroatoms. The summed E-state index contributed by atoms with van der Waals surface area (Å²) in [6, 6.07) is 3.49. The molecule has 0 spiro atoms. The molecule has 1 amide bonds. The summed E-state index contributed by atoms with van der Waals surface area (Å²) in [4.78, 5) is 16.1. The van der Waals surface area contributed by atoms with Crippen molar-refractivity contribution in [1.82, 2.24) is 10.3 Å². The number of nitrogens with one attached hydrogen (secondary N) is 2. The van der Waals surface area contributed by atoms with Gasteiger partial charge in [0.05, 0.1) is 0 Å². The lowest BCUT2D eigenvalue weighted by molar-refractivity contribution is 0.0937. The number of anilines is 1. The topological polar surface area (TPSA) is 54.0 Å². The minimum absolute atomic E-state index is 0.0936. The zero-order valence-electron chi connectivity index (χ0n) is 10.7. The molecular weight excluding hydrogens is 250 g/mol. The number of carbonyl (C=O) groups is 1. The standard InChI is InChI=1S/C13H18ClN3O/c1-8(5-9-3-4-9)16-13(18)10-6-11(14)17-12(7-10)15-2/h6-9H,3-5H2,1-2H3,(H,15,17)(H,16,18). The molecule has 0 saturated heterocycles. The van der Waals surface area contributed by atoms with Crippen LogP contribution in [0.1, 0.15) is 36.5 Å². The quantitative estimate of drug-likeness (QED) is 0.807. The van der Waals surface area contributed by atoms with Gasteiger partial charge in [-0.15, -0.1) is 0 Å². The van der Waals surface area contributed by atoms with E-state index in [2.05, 4.69) is 15.6 Å². The highest BCUT2D eigenvalue weighted by molar-refractivity contribution is 6.29. The van der Waals surface area contributed by atoms with Crippen molar-refractivity contribution < 1.29 is 4.79 Å². The highest BCUT2D eigenvalue weighted by atomic mass is 35.5. The molecule has 1 atom stereocenters. The molecule has 1 heterocycles. The molecule has 4 nitrogen and oxygen atoms in total. The van der Waals surface area contributed by atoms with E-state index in [1.807, 2.05) is 6.92 Å². The molecule has 1 unspecified atom stereocenters. The van der Waals surface area contributed by atoms with Crippen LogP contribution in [-0.4, -0.2) is 24.0 Å². The lowest BCUT2D eigenvalue weighted by atomic mass is 10.1. The molecule has 0 bridgehead atoms. The Bertz CT molecular complexity index is 446. The second kappa shape index (κ2) is 5.57. The number of halogens is 1. The van der Waals surface area contributed by atoms with Crippen LogP contribution in [0.15, 0.2) is 12.1 Å². The van der Waals surface area contributed by atoms with E-state index in [0.717, 1.165) is 12.3 Å². The first-order valence-corrected chi connectivity index (χ1v) is 6.62. The maximum Gasteiger partial charge on any atom is 0.251 e. The summed E-state index contributed by atoms with van der Waals surface area (Å²) in [5.41, 5.74) is 0.544. The first-order valence-electron chi connectivity index (χ1n) is 6.24. The lowest BCUT2D eigenvalue weighted by Crippen LogP contribution is -2.32. The molecule has 98 valence electrons. The number of rotatable bonds is 5. The third-order valence-corrected chi connectivity index (χ3v) is 3.27. The van der Waals surface area contributed by atoms with Crippen molar-refractivity contribution in [2.75, 3.05) is 12.4 Å². The number of pyridine rings is 1. The zero-order valence-corrected chi connectivity index (χ0v) is 11.4. The van der Waals surface area contributed by atoms with Crippen LogP contribution in [0.25, 0.3) is 0 Å². The van der Waals surface area contributed by atoms with Crippen molar-refractivity contribution >= 4 is 23.3 Å². The van der Waals surface area contributed by atoms with Gasteiger partial charge < -0.3 is 10.6 Å². The number of aromatic nitrogens is 1. The van der Waals surface area contributed by atoms with Gasteiger partial charge in [-0.2, -0.15) is 0 Å². The van der Waals surface area contributed by atoms with Crippen LogP contribution in [0.3, 0.4) is 0 Å². The Morgan fingerprint density at radius 2 is 2.28 bits per heavy atom. The maximum absolute atomic E-state index is 12.1. The monoisotopic (exact) mass is 267 g/mol. The van der Waals surface area contributed by atoms with Gasteiger partial charge in [0.25, 0.3) is 5.91 Å². The van der Waals surface area contributed by atoms with Gasteiger partial charge in [0, 0.05) is 18.7 Å². The molecule has 1 saturated carbocycles. The number of carbonyl (C=O) groups excluding carboxylic acids is 1. The van der Waals surface area contributed by atoms with E-state index in [9.17, 15) is 4.79 Å². The van der Waals surface area contributed by atoms with Crippen molar-refractivity contribution in [2.45, 2.75) is 32.2 Å². The van der Waals surface area contributed by atoms with Gasteiger partial charge in [-0.1, -0.05) is 24.4 Å². The second-order valence-corrected chi connectivity index (χ2v) is 5.25. The Morgan fingerprint density at radius 3 is 2.89 bits per heavy atom. The molecule has 0 aromatic carbocycles. The van der Waals surface area contributed by atoms with E-state index in [4.69, 9.17) is 11.6 Å². The first-order chi connectivity index (χ1) is 8.58. The Morgan fingerprint density at radius 1 is 1.56 bits per heavy atom. The minimum Gasteiger partial charge on any atom is -0.373 e. The fraction of sp³-hybridized carbons (Fsp3) is 0.538. The molecule has 18 heavy (non-hydrogen) atoms. The molecule has 1 aromatic rings. The zero-order chi connectivity index (χ0) is 13.1.